The lowest BCUT2D eigenvalue weighted by Gasteiger charge is -2.24. The Kier molecular flexibility index (Phi) is 6.84. The summed E-state index contributed by atoms with van der Waals surface area (Å²) in [6, 6.07) is 1.24. The van der Waals surface area contributed by atoms with Crippen LogP contribution in [-0.2, 0) is 16.0 Å². The number of anilines is 1. The minimum atomic E-state index is -4.69. The number of alkyl halides is 3. The third-order valence-corrected chi connectivity index (χ3v) is 5.63. The van der Waals surface area contributed by atoms with Crippen molar-refractivity contribution in [3.63, 3.8) is 0 Å². The zero-order chi connectivity index (χ0) is 22.6. The number of piperidine rings is 1. The summed E-state index contributed by atoms with van der Waals surface area (Å²) in [4.78, 5) is 22.7. The first kappa shape index (κ1) is 23.0. The van der Waals surface area contributed by atoms with E-state index in [9.17, 15) is 26.4 Å². The second-order valence-corrected chi connectivity index (χ2v) is 9.59. The summed E-state index contributed by atoms with van der Waals surface area (Å²) in [5.74, 6) is -0.817. The summed E-state index contributed by atoms with van der Waals surface area (Å²) in [7, 11) is -3.26. The number of aromatic nitrogens is 3. The van der Waals surface area contributed by atoms with Crippen LogP contribution in [0.2, 0.25) is 0 Å². The highest BCUT2D eigenvalue weighted by Gasteiger charge is 2.36. The van der Waals surface area contributed by atoms with Gasteiger partial charge in [-0.05, 0) is 25.5 Å². The lowest BCUT2D eigenvalue weighted by Crippen LogP contribution is -2.38. The van der Waals surface area contributed by atoms with Crippen molar-refractivity contribution in [3.8, 4) is 11.3 Å². The standard InChI is InChI=1S/C18H23F3N6O3S/c1-31(29,30)6-5-23-16(28)14-7-11(8-24-14)15-13(18(19,20)21)10-25-17(27-15)26-12-3-2-4-22-9-12/h7-8,10,12,22,24H,2-6,9H2,1H3,(H,23,28)(H,25,26,27). The van der Waals surface area contributed by atoms with E-state index in [4.69, 9.17) is 0 Å². The van der Waals surface area contributed by atoms with Crippen LogP contribution in [-0.4, -0.2) is 67.0 Å². The number of aromatic amines is 1. The van der Waals surface area contributed by atoms with Gasteiger partial charge in [0.15, 0.2) is 0 Å². The van der Waals surface area contributed by atoms with Gasteiger partial charge in [0.25, 0.3) is 5.91 Å². The Morgan fingerprint density at radius 3 is 2.77 bits per heavy atom. The van der Waals surface area contributed by atoms with Gasteiger partial charge < -0.3 is 20.9 Å². The third kappa shape index (κ3) is 6.40. The van der Waals surface area contributed by atoms with E-state index in [-0.39, 0.29) is 41.2 Å². The van der Waals surface area contributed by atoms with Crippen LogP contribution in [0.25, 0.3) is 11.3 Å². The minimum absolute atomic E-state index is 0.000690. The number of hydrogen-bond donors (Lipinski definition) is 4. The Morgan fingerprint density at radius 2 is 2.13 bits per heavy atom. The molecule has 0 spiro atoms. The Bertz CT molecular complexity index is 1030. The molecule has 13 heteroatoms. The average Bonchev–Trinajstić information content (AvgIpc) is 3.17. The first-order valence-electron chi connectivity index (χ1n) is 9.59. The predicted octanol–water partition coefficient (Wildman–Crippen LogP) is 1.43. The Balaban J connectivity index is 1.82. The number of carbonyl (C=O) groups excluding carboxylic acids is 1. The number of nitrogens with one attached hydrogen (secondary N) is 4. The Morgan fingerprint density at radius 1 is 1.35 bits per heavy atom. The molecule has 31 heavy (non-hydrogen) atoms. The molecule has 9 nitrogen and oxygen atoms in total. The van der Waals surface area contributed by atoms with E-state index in [1.807, 2.05) is 0 Å². The van der Waals surface area contributed by atoms with Crippen molar-refractivity contribution in [2.24, 2.45) is 0 Å². The summed E-state index contributed by atoms with van der Waals surface area (Å²) in [6.07, 6.45) is 0.0916. The molecule has 0 radical (unpaired) electrons. The van der Waals surface area contributed by atoms with Gasteiger partial charge in [-0.1, -0.05) is 0 Å². The molecule has 3 heterocycles. The van der Waals surface area contributed by atoms with E-state index in [1.165, 1.54) is 12.3 Å². The number of carbonyl (C=O) groups is 1. The summed E-state index contributed by atoms with van der Waals surface area (Å²) in [6.45, 7) is 1.42. The fraction of sp³-hybridized carbons (Fsp3) is 0.500. The molecule has 0 aliphatic carbocycles. The largest absolute Gasteiger partial charge is 0.419 e. The van der Waals surface area contributed by atoms with E-state index in [1.54, 1.807) is 0 Å². The Labute approximate surface area is 177 Å². The van der Waals surface area contributed by atoms with Gasteiger partial charge in [0.1, 0.15) is 21.1 Å². The summed E-state index contributed by atoms with van der Waals surface area (Å²) >= 11 is 0. The zero-order valence-electron chi connectivity index (χ0n) is 16.7. The fourth-order valence-corrected chi connectivity index (χ4v) is 3.62. The van der Waals surface area contributed by atoms with Gasteiger partial charge in [-0.2, -0.15) is 13.2 Å². The predicted molar refractivity (Wildman–Crippen MR) is 108 cm³/mol. The van der Waals surface area contributed by atoms with Crippen LogP contribution in [0, 0.1) is 0 Å². The fourth-order valence-electron chi connectivity index (χ4n) is 3.14. The lowest BCUT2D eigenvalue weighted by molar-refractivity contribution is -0.137. The molecule has 1 atom stereocenters. The van der Waals surface area contributed by atoms with Crippen molar-refractivity contribution >= 4 is 21.7 Å². The van der Waals surface area contributed by atoms with E-state index >= 15 is 0 Å². The quantitative estimate of drug-likeness (QED) is 0.492. The molecular weight excluding hydrogens is 437 g/mol. The average molecular weight is 460 g/mol. The van der Waals surface area contributed by atoms with Crippen molar-refractivity contribution in [3.05, 3.63) is 29.7 Å². The summed E-state index contributed by atoms with van der Waals surface area (Å²) in [5, 5.41) is 8.64. The minimum Gasteiger partial charge on any atom is -0.357 e. The zero-order valence-corrected chi connectivity index (χ0v) is 17.5. The van der Waals surface area contributed by atoms with Gasteiger partial charge in [-0.25, -0.2) is 18.4 Å². The summed E-state index contributed by atoms with van der Waals surface area (Å²) < 4.78 is 62.8. The molecule has 4 N–H and O–H groups in total. The van der Waals surface area contributed by atoms with Crippen molar-refractivity contribution in [2.45, 2.75) is 25.1 Å². The van der Waals surface area contributed by atoms with Crippen LogP contribution < -0.4 is 16.0 Å². The van der Waals surface area contributed by atoms with Gasteiger partial charge >= 0.3 is 6.18 Å². The normalized spacial score (nSPS) is 17.4. The third-order valence-electron chi connectivity index (χ3n) is 4.68. The molecular formula is C18H23F3N6O3S. The van der Waals surface area contributed by atoms with E-state index in [0.29, 0.717) is 6.54 Å². The maximum absolute atomic E-state index is 13.5. The van der Waals surface area contributed by atoms with Crippen molar-refractivity contribution in [1.29, 1.82) is 0 Å². The lowest BCUT2D eigenvalue weighted by atomic mass is 10.1. The Hall–Kier alpha value is -2.67. The first-order valence-corrected chi connectivity index (χ1v) is 11.7. The van der Waals surface area contributed by atoms with Crippen LogP contribution in [0.5, 0.6) is 0 Å². The molecule has 1 amide bonds. The molecule has 1 unspecified atom stereocenters. The molecule has 2 aromatic heterocycles. The highest BCUT2D eigenvalue weighted by atomic mass is 32.2. The number of nitrogens with zero attached hydrogens (tertiary/aromatic N) is 2. The number of rotatable bonds is 7. The summed E-state index contributed by atoms with van der Waals surface area (Å²) in [5.41, 5.74) is -1.34. The molecule has 1 aliphatic rings. The maximum Gasteiger partial charge on any atom is 0.419 e. The van der Waals surface area contributed by atoms with Gasteiger partial charge in [0.05, 0.1) is 11.4 Å². The van der Waals surface area contributed by atoms with Crippen LogP contribution in [0.4, 0.5) is 19.1 Å². The highest BCUT2D eigenvalue weighted by molar-refractivity contribution is 7.90. The van der Waals surface area contributed by atoms with Crippen LogP contribution >= 0.6 is 0 Å². The molecule has 0 aromatic carbocycles. The highest BCUT2D eigenvalue weighted by Crippen LogP contribution is 2.36. The molecule has 0 bridgehead atoms. The molecule has 1 saturated heterocycles. The van der Waals surface area contributed by atoms with Crippen LogP contribution in [0.1, 0.15) is 28.9 Å². The number of amides is 1. The van der Waals surface area contributed by atoms with Crippen molar-refractivity contribution in [1.82, 2.24) is 25.6 Å². The maximum atomic E-state index is 13.5. The van der Waals surface area contributed by atoms with Crippen molar-refractivity contribution < 1.29 is 26.4 Å². The van der Waals surface area contributed by atoms with Gasteiger partial charge in [-0.3, -0.25) is 4.79 Å². The number of hydrogen-bond acceptors (Lipinski definition) is 7. The molecule has 1 fully saturated rings. The second kappa shape index (κ2) is 9.22. The number of H-pyrrole nitrogens is 1. The molecule has 0 saturated carbocycles. The van der Waals surface area contributed by atoms with Crippen LogP contribution in [0.3, 0.4) is 0 Å². The van der Waals surface area contributed by atoms with Crippen LogP contribution in [0.15, 0.2) is 18.5 Å². The number of halogens is 3. The van der Waals surface area contributed by atoms with Gasteiger partial charge in [0, 0.05) is 43.3 Å². The topological polar surface area (TPSA) is 129 Å². The second-order valence-electron chi connectivity index (χ2n) is 7.33. The first-order chi connectivity index (χ1) is 14.5. The van der Waals surface area contributed by atoms with Gasteiger partial charge in [-0.15, -0.1) is 0 Å². The molecule has 1 aliphatic heterocycles. The van der Waals surface area contributed by atoms with Crippen molar-refractivity contribution in [2.75, 3.05) is 37.0 Å². The molecule has 170 valence electrons. The van der Waals surface area contributed by atoms with Gasteiger partial charge in [0.2, 0.25) is 5.95 Å². The van der Waals surface area contributed by atoms with E-state index in [0.717, 1.165) is 31.8 Å². The van der Waals surface area contributed by atoms with E-state index in [2.05, 4.69) is 30.9 Å². The SMILES string of the molecule is CS(=O)(=O)CCNC(=O)c1cc(-c2nc(NC3CCCNC3)ncc2C(F)(F)F)c[nH]1. The molecule has 2 aromatic rings. The number of sulfone groups is 1. The monoisotopic (exact) mass is 460 g/mol. The van der Waals surface area contributed by atoms with E-state index < -0.39 is 27.5 Å². The smallest absolute Gasteiger partial charge is 0.357 e. The molecule has 3 rings (SSSR count).